The fourth-order valence-corrected chi connectivity index (χ4v) is 9.48. The van der Waals surface area contributed by atoms with Crippen LogP contribution in [0.25, 0.3) is 133 Å². The van der Waals surface area contributed by atoms with Crippen LogP contribution in [0.15, 0.2) is 223 Å². The predicted molar refractivity (Wildman–Crippen MR) is 268 cm³/mol. The summed E-state index contributed by atoms with van der Waals surface area (Å²) in [5.74, 6) is 1.84. The summed E-state index contributed by atoms with van der Waals surface area (Å²) in [6.45, 7) is 0. The Morgan fingerprint density at radius 1 is 0.277 bits per heavy atom. The first-order valence-electron chi connectivity index (χ1n) is 21.9. The summed E-state index contributed by atoms with van der Waals surface area (Å²) in [7, 11) is 0. The normalized spacial score (nSPS) is 11.7. The second-order valence-electron chi connectivity index (χ2n) is 16.6. The van der Waals surface area contributed by atoms with E-state index in [0.29, 0.717) is 17.5 Å². The Bertz CT molecular complexity index is 3890. The van der Waals surface area contributed by atoms with E-state index in [1.165, 1.54) is 21.9 Å². The topological polar surface area (TPSA) is 64.7 Å². The Morgan fingerprint density at radius 3 is 1.45 bits per heavy atom. The van der Waals surface area contributed by atoms with Crippen LogP contribution in [0.3, 0.4) is 0 Å². The van der Waals surface area contributed by atoms with Crippen LogP contribution < -0.4 is 0 Å². The van der Waals surface area contributed by atoms with Gasteiger partial charge in [0.1, 0.15) is 11.2 Å². The summed E-state index contributed by atoms with van der Waals surface area (Å²) in [5.41, 5.74) is 11.8. The SMILES string of the molecule is c1ccc(-c2ccc(-c3c4c(cc5c(-c6ccc(-c7nc(-c8ccc9ccccc9c8)nc(-c8ccc9ccccc9c8)n7)cc6)nc6ccccc6c35)oc3ccccc34)cc2)cc1. The number of nitrogens with zero attached hydrogens (tertiary/aromatic N) is 4. The van der Waals surface area contributed by atoms with E-state index in [1.807, 2.05) is 6.07 Å². The van der Waals surface area contributed by atoms with Crippen molar-refractivity contribution >= 4 is 65.2 Å². The molecule has 302 valence electrons. The zero-order valence-corrected chi connectivity index (χ0v) is 35.0. The maximum atomic E-state index is 6.69. The standard InChI is InChI=1S/C60H36N4O/c1-2-12-37(13-3-1)40-22-26-41(27-23-40)54-55-48-18-8-10-20-51(48)61-57(50(55)36-53-56(54)49-19-9-11-21-52(49)65-53)42-28-30-43(31-29-42)58-62-59(46-32-24-38-14-4-6-16-44(38)34-46)64-60(63-58)47-33-25-39-15-5-7-17-45(39)35-47/h1-36H. The van der Waals surface area contributed by atoms with Gasteiger partial charge in [0, 0.05) is 54.7 Å². The van der Waals surface area contributed by atoms with E-state index in [1.54, 1.807) is 0 Å². The molecular weight excluding hydrogens is 793 g/mol. The summed E-state index contributed by atoms with van der Waals surface area (Å²) in [6.07, 6.45) is 0. The highest BCUT2D eigenvalue weighted by atomic mass is 16.3. The van der Waals surface area contributed by atoms with Gasteiger partial charge >= 0.3 is 0 Å². The number of hydrogen-bond donors (Lipinski definition) is 0. The first-order valence-corrected chi connectivity index (χ1v) is 21.9. The van der Waals surface area contributed by atoms with Crippen molar-refractivity contribution in [1.29, 1.82) is 0 Å². The second-order valence-corrected chi connectivity index (χ2v) is 16.6. The molecule has 13 aromatic rings. The first-order chi connectivity index (χ1) is 32.2. The molecule has 0 bridgehead atoms. The van der Waals surface area contributed by atoms with Crippen LogP contribution in [0, 0.1) is 0 Å². The van der Waals surface area contributed by atoms with Gasteiger partial charge in [0.2, 0.25) is 0 Å². The van der Waals surface area contributed by atoms with Gasteiger partial charge in [-0.3, -0.25) is 0 Å². The van der Waals surface area contributed by atoms with E-state index in [-0.39, 0.29) is 0 Å². The van der Waals surface area contributed by atoms with E-state index in [0.717, 1.165) is 93.5 Å². The average Bonchev–Trinajstić information content (AvgIpc) is 3.76. The fourth-order valence-electron chi connectivity index (χ4n) is 9.48. The minimum absolute atomic E-state index is 0.597. The molecule has 0 amide bonds. The van der Waals surface area contributed by atoms with Gasteiger partial charge in [0.15, 0.2) is 17.5 Å². The molecule has 0 aliphatic heterocycles. The monoisotopic (exact) mass is 828 g/mol. The van der Waals surface area contributed by atoms with Crippen molar-refractivity contribution in [3.63, 3.8) is 0 Å². The molecule has 0 atom stereocenters. The molecule has 65 heavy (non-hydrogen) atoms. The summed E-state index contributed by atoms with van der Waals surface area (Å²) >= 11 is 0. The van der Waals surface area contributed by atoms with E-state index in [2.05, 4.69) is 212 Å². The number of fused-ring (bicyclic) bond motifs is 8. The first kappa shape index (κ1) is 36.8. The van der Waals surface area contributed by atoms with Crippen LogP contribution in [0.4, 0.5) is 0 Å². The molecule has 0 unspecified atom stereocenters. The molecule has 0 radical (unpaired) electrons. The number of aromatic nitrogens is 4. The lowest BCUT2D eigenvalue weighted by atomic mass is 9.89. The van der Waals surface area contributed by atoms with Crippen LogP contribution in [0.5, 0.6) is 0 Å². The second kappa shape index (κ2) is 14.9. The molecule has 13 rings (SSSR count). The molecule has 0 saturated heterocycles. The van der Waals surface area contributed by atoms with Crippen molar-refractivity contribution < 1.29 is 4.42 Å². The Morgan fingerprint density at radius 2 is 0.769 bits per heavy atom. The summed E-state index contributed by atoms with van der Waals surface area (Å²) in [6, 6.07) is 76.4. The maximum absolute atomic E-state index is 6.69. The molecule has 0 aliphatic rings. The molecule has 0 aliphatic carbocycles. The zero-order chi connectivity index (χ0) is 42.8. The highest BCUT2D eigenvalue weighted by Gasteiger charge is 2.22. The van der Waals surface area contributed by atoms with Crippen LogP contribution in [-0.2, 0) is 0 Å². The van der Waals surface area contributed by atoms with Gasteiger partial charge in [-0.25, -0.2) is 19.9 Å². The highest BCUT2D eigenvalue weighted by Crippen LogP contribution is 2.46. The average molecular weight is 829 g/mol. The van der Waals surface area contributed by atoms with E-state index >= 15 is 0 Å². The fraction of sp³-hybridized carbons (Fsp3) is 0. The van der Waals surface area contributed by atoms with Gasteiger partial charge in [-0.1, -0.05) is 188 Å². The van der Waals surface area contributed by atoms with Crippen LogP contribution >= 0.6 is 0 Å². The molecule has 3 heterocycles. The van der Waals surface area contributed by atoms with Crippen LogP contribution in [-0.4, -0.2) is 19.9 Å². The van der Waals surface area contributed by atoms with Gasteiger partial charge in [0.25, 0.3) is 0 Å². The summed E-state index contributed by atoms with van der Waals surface area (Å²) in [5, 5.41) is 10.0. The van der Waals surface area contributed by atoms with Gasteiger partial charge in [-0.05, 0) is 68.6 Å². The molecule has 5 heteroatoms. The Labute approximate surface area is 374 Å². The van der Waals surface area contributed by atoms with Crippen molar-refractivity contribution in [3.8, 4) is 67.7 Å². The zero-order valence-electron chi connectivity index (χ0n) is 35.0. The molecule has 0 fully saturated rings. The van der Waals surface area contributed by atoms with Crippen molar-refractivity contribution in [2.24, 2.45) is 0 Å². The Kier molecular flexibility index (Phi) is 8.46. The van der Waals surface area contributed by atoms with Crippen molar-refractivity contribution in [2.75, 3.05) is 0 Å². The van der Waals surface area contributed by atoms with E-state index < -0.39 is 0 Å². The Hall–Kier alpha value is -8.80. The quantitative estimate of drug-likeness (QED) is 0.156. The lowest BCUT2D eigenvalue weighted by Crippen LogP contribution is -2.00. The number of hydrogen-bond acceptors (Lipinski definition) is 5. The smallest absolute Gasteiger partial charge is 0.164 e. The summed E-state index contributed by atoms with van der Waals surface area (Å²) in [4.78, 5) is 20.8. The Balaban J connectivity index is 0.994. The van der Waals surface area contributed by atoms with E-state index in [9.17, 15) is 0 Å². The number of benzene rings is 10. The van der Waals surface area contributed by atoms with Crippen molar-refractivity contribution in [2.45, 2.75) is 0 Å². The molecule has 0 saturated carbocycles. The van der Waals surface area contributed by atoms with Gasteiger partial charge in [-0.15, -0.1) is 0 Å². The van der Waals surface area contributed by atoms with Gasteiger partial charge in [0.05, 0.1) is 11.2 Å². The lowest BCUT2D eigenvalue weighted by molar-refractivity contribution is 0.669. The third kappa shape index (κ3) is 6.32. The molecular formula is C60H36N4O. The number of pyridine rings is 1. The van der Waals surface area contributed by atoms with Gasteiger partial charge in [-0.2, -0.15) is 0 Å². The molecule has 5 nitrogen and oxygen atoms in total. The molecule has 0 N–H and O–H groups in total. The third-order valence-electron chi connectivity index (χ3n) is 12.7. The maximum Gasteiger partial charge on any atom is 0.164 e. The highest BCUT2D eigenvalue weighted by molar-refractivity contribution is 6.27. The van der Waals surface area contributed by atoms with Crippen molar-refractivity contribution in [3.05, 3.63) is 218 Å². The third-order valence-corrected chi connectivity index (χ3v) is 12.7. The van der Waals surface area contributed by atoms with Crippen LogP contribution in [0.1, 0.15) is 0 Å². The number of rotatable bonds is 6. The number of para-hydroxylation sites is 2. The van der Waals surface area contributed by atoms with E-state index in [4.69, 9.17) is 24.4 Å². The summed E-state index contributed by atoms with van der Waals surface area (Å²) < 4.78 is 6.69. The number of furan rings is 1. The molecule has 3 aromatic heterocycles. The van der Waals surface area contributed by atoms with Crippen LogP contribution in [0.2, 0.25) is 0 Å². The lowest BCUT2D eigenvalue weighted by Gasteiger charge is -2.16. The minimum atomic E-state index is 0.597. The van der Waals surface area contributed by atoms with Gasteiger partial charge < -0.3 is 4.42 Å². The largest absolute Gasteiger partial charge is 0.456 e. The molecule has 0 spiro atoms. The van der Waals surface area contributed by atoms with Crippen molar-refractivity contribution in [1.82, 2.24) is 19.9 Å². The minimum Gasteiger partial charge on any atom is -0.456 e. The molecule has 10 aromatic carbocycles. The predicted octanol–water partition coefficient (Wildman–Crippen LogP) is 15.8.